The van der Waals surface area contributed by atoms with E-state index in [9.17, 15) is 24.5 Å². The monoisotopic (exact) mass is 378 g/mol. The van der Waals surface area contributed by atoms with Crippen LogP contribution in [0.5, 0.6) is 0 Å². The quantitative estimate of drug-likeness (QED) is 0.646. The summed E-state index contributed by atoms with van der Waals surface area (Å²) in [6.45, 7) is 5.14. The molecule has 4 nitrogen and oxygen atoms in total. The number of rotatable bonds is 2. The number of carbonyl (C=O) groups excluding carboxylic acids is 1. The molecule has 3 N–H and O–H groups in total. The zero-order valence-corrected chi connectivity index (χ0v) is 16.5. The second-order valence-corrected chi connectivity index (χ2v) is 9.67. The number of aliphatic hydroxyl groups is 3. The van der Waals surface area contributed by atoms with Crippen LogP contribution in [0.15, 0.2) is 23.0 Å². The van der Waals surface area contributed by atoms with Crippen molar-refractivity contribution in [1.82, 2.24) is 0 Å². The number of halogens is 1. The van der Waals surface area contributed by atoms with E-state index < -0.39 is 34.9 Å². The minimum atomic E-state index is -1.59. The Labute approximate surface area is 160 Å². The normalized spacial score (nSPS) is 49.2. The molecule has 3 fully saturated rings. The Balaban J connectivity index is 1.78. The van der Waals surface area contributed by atoms with E-state index in [-0.39, 0.29) is 23.6 Å². The molecule has 4 rings (SSSR count). The molecular weight excluding hydrogens is 347 g/mol. The Kier molecular flexibility index (Phi) is 4.27. The number of hydrogen-bond acceptors (Lipinski definition) is 4. The van der Waals surface area contributed by atoms with E-state index in [0.717, 1.165) is 18.4 Å². The van der Waals surface area contributed by atoms with Crippen LogP contribution in [0.2, 0.25) is 0 Å². The van der Waals surface area contributed by atoms with E-state index in [1.54, 1.807) is 0 Å². The number of carbonyl (C=O) groups is 1. The van der Waals surface area contributed by atoms with Crippen LogP contribution in [-0.4, -0.2) is 39.4 Å². The predicted octanol–water partition coefficient (Wildman–Crippen LogP) is 3.07. The van der Waals surface area contributed by atoms with E-state index in [1.165, 1.54) is 5.57 Å². The van der Waals surface area contributed by atoms with Gasteiger partial charge in [-0.3, -0.25) is 4.79 Å². The molecular formula is C22H31FO4. The summed E-state index contributed by atoms with van der Waals surface area (Å²) in [6, 6.07) is 0. The first-order chi connectivity index (χ1) is 12.6. The molecule has 0 amide bonds. The summed E-state index contributed by atoms with van der Waals surface area (Å²) in [4.78, 5) is 12.4. The Morgan fingerprint density at radius 2 is 2.04 bits per heavy atom. The summed E-state index contributed by atoms with van der Waals surface area (Å²) >= 11 is 0. The summed E-state index contributed by atoms with van der Waals surface area (Å²) in [5.74, 6) is -0.528. The van der Waals surface area contributed by atoms with Crippen molar-refractivity contribution >= 4 is 5.78 Å². The fraction of sp³-hybridized carbons (Fsp3) is 0.773. The Bertz CT molecular complexity index is 743. The number of Topliss-reactive ketones (excluding diaryl/α,β-unsaturated/α-hetero) is 1. The number of ketones is 1. The molecule has 0 aliphatic heterocycles. The Morgan fingerprint density at radius 1 is 1.33 bits per heavy atom. The Morgan fingerprint density at radius 3 is 2.70 bits per heavy atom. The van der Waals surface area contributed by atoms with Gasteiger partial charge in [-0.15, -0.1) is 0 Å². The van der Waals surface area contributed by atoms with Crippen LogP contribution in [0.3, 0.4) is 0 Å². The maximum Gasteiger partial charge on any atom is 0.190 e. The van der Waals surface area contributed by atoms with Crippen LogP contribution in [-0.2, 0) is 4.79 Å². The zero-order valence-electron chi connectivity index (χ0n) is 16.5. The molecule has 7 atom stereocenters. The second-order valence-electron chi connectivity index (χ2n) is 9.67. The summed E-state index contributed by atoms with van der Waals surface area (Å²) in [5, 5.41) is 31.9. The molecule has 0 aromatic rings. The van der Waals surface area contributed by atoms with Crippen LogP contribution >= 0.6 is 0 Å². The fourth-order valence-electron chi connectivity index (χ4n) is 7.41. The first kappa shape index (κ1) is 19.3. The average molecular weight is 378 g/mol. The molecule has 27 heavy (non-hydrogen) atoms. The van der Waals surface area contributed by atoms with Gasteiger partial charge in [0, 0.05) is 23.2 Å². The van der Waals surface area contributed by atoms with E-state index in [4.69, 9.17) is 0 Å². The van der Waals surface area contributed by atoms with Gasteiger partial charge in [-0.05, 0) is 56.4 Å². The third kappa shape index (κ3) is 2.22. The van der Waals surface area contributed by atoms with Crippen LogP contribution < -0.4 is 0 Å². The third-order valence-electron chi connectivity index (χ3n) is 9.01. The summed E-state index contributed by atoms with van der Waals surface area (Å²) in [6.07, 6.45) is 4.71. The second kappa shape index (κ2) is 5.98. The maximum atomic E-state index is 14.5. The summed E-state index contributed by atoms with van der Waals surface area (Å²) in [7, 11) is 0. The lowest BCUT2D eigenvalue weighted by Gasteiger charge is -2.60. The number of hydrogen-bond donors (Lipinski definition) is 3. The SMILES string of the molecule is CC1=C(F)CC=C2CC[C@@H]3[C@H]([C@@H](O)C[C@@]4(C)[C@H]3CC[C@]4(O)C(=O)CO)[C@]21C. The van der Waals surface area contributed by atoms with E-state index in [2.05, 4.69) is 6.92 Å². The molecule has 0 saturated heterocycles. The zero-order chi connectivity index (χ0) is 19.8. The van der Waals surface area contributed by atoms with Crippen LogP contribution in [0, 0.1) is 28.6 Å². The molecule has 0 radical (unpaired) electrons. The Hall–Kier alpha value is -1.04. The lowest BCUT2D eigenvalue weighted by molar-refractivity contribution is -0.179. The molecule has 4 aliphatic rings. The van der Waals surface area contributed by atoms with Gasteiger partial charge in [-0.1, -0.05) is 25.5 Å². The molecule has 0 heterocycles. The molecule has 0 aromatic heterocycles. The van der Waals surface area contributed by atoms with Gasteiger partial charge in [0.2, 0.25) is 0 Å². The highest BCUT2D eigenvalue weighted by Crippen LogP contribution is 2.68. The van der Waals surface area contributed by atoms with Gasteiger partial charge in [0.05, 0.1) is 6.10 Å². The van der Waals surface area contributed by atoms with Gasteiger partial charge in [0.25, 0.3) is 0 Å². The van der Waals surface area contributed by atoms with Crippen molar-refractivity contribution in [3.8, 4) is 0 Å². The van der Waals surface area contributed by atoms with Crippen molar-refractivity contribution in [2.24, 2.45) is 28.6 Å². The molecule has 0 spiro atoms. The van der Waals surface area contributed by atoms with Crippen LogP contribution in [0.4, 0.5) is 4.39 Å². The lowest BCUT2D eigenvalue weighted by atomic mass is 9.45. The molecule has 5 heteroatoms. The van der Waals surface area contributed by atoms with Gasteiger partial charge < -0.3 is 15.3 Å². The van der Waals surface area contributed by atoms with E-state index in [0.29, 0.717) is 25.7 Å². The minimum absolute atomic E-state index is 0.0857. The molecule has 0 bridgehead atoms. The largest absolute Gasteiger partial charge is 0.393 e. The minimum Gasteiger partial charge on any atom is -0.393 e. The molecule has 0 aromatic carbocycles. The first-order valence-corrected chi connectivity index (χ1v) is 10.2. The highest BCUT2D eigenvalue weighted by atomic mass is 19.1. The molecule has 4 aliphatic carbocycles. The van der Waals surface area contributed by atoms with Gasteiger partial charge in [0.1, 0.15) is 18.0 Å². The number of allylic oxidation sites excluding steroid dienone is 4. The van der Waals surface area contributed by atoms with Gasteiger partial charge in [-0.2, -0.15) is 0 Å². The molecule has 3 saturated carbocycles. The van der Waals surface area contributed by atoms with Crippen molar-refractivity contribution in [2.75, 3.05) is 6.61 Å². The fourth-order valence-corrected chi connectivity index (χ4v) is 7.41. The predicted molar refractivity (Wildman–Crippen MR) is 99.3 cm³/mol. The van der Waals surface area contributed by atoms with Crippen molar-refractivity contribution in [2.45, 2.75) is 71.0 Å². The van der Waals surface area contributed by atoms with Crippen molar-refractivity contribution < 1.29 is 24.5 Å². The van der Waals surface area contributed by atoms with Crippen molar-refractivity contribution in [3.05, 3.63) is 23.0 Å². The van der Waals surface area contributed by atoms with Crippen molar-refractivity contribution in [3.63, 3.8) is 0 Å². The van der Waals surface area contributed by atoms with Gasteiger partial charge >= 0.3 is 0 Å². The molecule has 150 valence electrons. The topological polar surface area (TPSA) is 77.8 Å². The highest BCUT2D eigenvalue weighted by molar-refractivity contribution is 5.89. The standard InChI is InChI=1S/C22H31FO4/c1-12-16(23)7-5-13-4-6-14-15-8-9-22(27,18(26)11-24)20(15,2)10-17(25)19(14)21(12,13)3/h5,14-15,17,19,24-25,27H,4,6-11H2,1-3H3/t14-,15-,17-,19+,20-,21-,22-/m0/s1. The van der Waals surface area contributed by atoms with Gasteiger partial charge in [0.15, 0.2) is 5.78 Å². The van der Waals surface area contributed by atoms with Crippen LogP contribution in [0.25, 0.3) is 0 Å². The molecule has 0 unspecified atom stereocenters. The average Bonchev–Trinajstić information content (AvgIpc) is 2.90. The van der Waals surface area contributed by atoms with E-state index in [1.807, 2.05) is 19.9 Å². The van der Waals surface area contributed by atoms with Crippen LogP contribution in [0.1, 0.15) is 59.3 Å². The highest BCUT2D eigenvalue weighted by Gasteiger charge is 2.68. The third-order valence-corrected chi connectivity index (χ3v) is 9.01. The smallest absolute Gasteiger partial charge is 0.190 e. The lowest BCUT2D eigenvalue weighted by Crippen LogP contribution is -2.62. The van der Waals surface area contributed by atoms with Gasteiger partial charge in [-0.25, -0.2) is 4.39 Å². The summed E-state index contributed by atoms with van der Waals surface area (Å²) < 4.78 is 14.5. The first-order valence-electron chi connectivity index (χ1n) is 10.2. The maximum absolute atomic E-state index is 14.5. The number of fused-ring (bicyclic) bond motifs is 5. The van der Waals surface area contributed by atoms with E-state index >= 15 is 0 Å². The van der Waals surface area contributed by atoms with Crippen molar-refractivity contribution in [1.29, 1.82) is 0 Å². The number of aliphatic hydroxyl groups excluding tert-OH is 2. The summed E-state index contributed by atoms with van der Waals surface area (Å²) in [5.41, 5.74) is -0.872.